The zero-order valence-corrected chi connectivity index (χ0v) is 9.87. The normalized spacial score (nSPS) is 10.7. The van der Waals surface area contributed by atoms with Gasteiger partial charge in [0.2, 0.25) is 0 Å². The molecule has 0 unspecified atom stereocenters. The van der Waals surface area contributed by atoms with Crippen molar-refractivity contribution in [3.63, 3.8) is 0 Å². The van der Waals surface area contributed by atoms with Crippen LogP contribution >= 0.6 is 0 Å². The minimum atomic E-state index is 0.586. The molecule has 0 amide bonds. The van der Waals surface area contributed by atoms with Crippen molar-refractivity contribution in [1.82, 2.24) is 14.6 Å². The lowest BCUT2D eigenvalue weighted by Crippen LogP contribution is -1.90. The standard InChI is InChI=1S/C14H11N3O/c1-10-2-5-12(6-3-10)14-15-13-7-4-11(9-18)8-17(13)16-14/h2-9H,1H3. The predicted octanol–water partition coefficient (Wildman–Crippen LogP) is 2.52. The largest absolute Gasteiger partial charge is 0.298 e. The summed E-state index contributed by atoms with van der Waals surface area (Å²) in [5, 5.41) is 4.37. The molecule has 0 aliphatic rings. The average Bonchev–Trinajstić information content (AvgIpc) is 2.82. The van der Waals surface area contributed by atoms with E-state index in [-0.39, 0.29) is 0 Å². The molecule has 0 aliphatic heterocycles. The van der Waals surface area contributed by atoms with E-state index in [0.717, 1.165) is 17.5 Å². The van der Waals surface area contributed by atoms with Crippen LogP contribution in [0.2, 0.25) is 0 Å². The van der Waals surface area contributed by atoms with Gasteiger partial charge in [-0.3, -0.25) is 4.79 Å². The van der Waals surface area contributed by atoms with E-state index in [0.29, 0.717) is 11.4 Å². The SMILES string of the molecule is Cc1ccc(-c2nc3ccc(C=O)cn3n2)cc1. The molecule has 0 saturated carbocycles. The van der Waals surface area contributed by atoms with Crippen molar-refractivity contribution in [1.29, 1.82) is 0 Å². The maximum atomic E-state index is 10.7. The van der Waals surface area contributed by atoms with Crippen molar-refractivity contribution in [2.24, 2.45) is 0 Å². The molecule has 4 heteroatoms. The summed E-state index contributed by atoms with van der Waals surface area (Å²) in [6.07, 6.45) is 2.47. The van der Waals surface area contributed by atoms with Crippen molar-refractivity contribution >= 4 is 11.9 Å². The molecule has 2 heterocycles. The van der Waals surface area contributed by atoms with E-state index in [4.69, 9.17) is 0 Å². The number of hydrogen-bond acceptors (Lipinski definition) is 3. The summed E-state index contributed by atoms with van der Waals surface area (Å²) < 4.78 is 1.62. The Morgan fingerprint density at radius 3 is 2.61 bits per heavy atom. The van der Waals surface area contributed by atoms with Crippen LogP contribution in [0.1, 0.15) is 15.9 Å². The topological polar surface area (TPSA) is 47.3 Å². The molecule has 0 spiro atoms. The molecule has 0 N–H and O–H groups in total. The molecular formula is C14H11N3O. The summed E-state index contributed by atoms with van der Waals surface area (Å²) in [4.78, 5) is 15.1. The lowest BCUT2D eigenvalue weighted by molar-refractivity contribution is 0.112. The van der Waals surface area contributed by atoms with Crippen molar-refractivity contribution in [2.75, 3.05) is 0 Å². The van der Waals surface area contributed by atoms with E-state index in [1.165, 1.54) is 5.56 Å². The van der Waals surface area contributed by atoms with E-state index in [1.807, 2.05) is 31.2 Å². The summed E-state index contributed by atoms with van der Waals surface area (Å²) in [6, 6.07) is 11.6. The molecule has 0 radical (unpaired) electrons. The smallest absolute Gasteiger partial charge is 0.182 e. The molecule has 0 atom stereocenters. The second-order valence-electron chi connectivity index (χ2n) is 4.18. The highest BCUT2D eigenvalue weighted by atomic mass is 16.1. The molecule has 0 bridgehead atoms. The Kier molecular flexibility index (Phi) is 2.41. The first kappa shape index (κ1) is 10.7. The van der Waals surface area contributed by atoms with Gasteiger partial charge in [-0.1, -0.05) is 29.8 Å². The number of rotatable bonds is 2. The highest BCUT2D eigenvalue weighted by molar-refractivity contribution is 5.75. The van der Waals surface area contributed by atoms with Gasteiger partial charge >= 0.3 is 0 Å². The average molecular weight is 237 g/mol. The highest BCUT2D eigenvalue weighted by Gasteiger charge is 2.06. The van der Waals surface area contributed by atoms with E-state index < -0.39 is 0 Å². The predicted molar refractivity (Wildman–Crippen MR) is 68.5 cm³/mol. The summed E-state index contributed by atoms with van der Waals surface area (Å²) in [7, 11) is 0. The number of fused-ring (bicyclic) bond motifs is 1. The van der Waals surface area contributed by atoms with Gasteiger partial charge < -0.3 is 0 Å². The first-order valence-corrected chi connectivity index (χ1v) is 5.65. The molecule has 4 nitrogen and oxygen atoms in total. The fraction of sp³-hybridized carbons (Fsp3) is 0.0714. The van der Waals surface area contributed by atoms with Gasteiger partial charge in [-0.2, -0.15) is 0 Å². The van der Waals surface area contributed by atoms with Crippen LogP contribution < -0.4 is 0 Å². The lowest BCUT2D eigenvalue weighted by atomic mass is 10.1. The molecule has 88 valence electrons. The van der Waals surface area contributed by atoms with Gasteiger partial charge in [-0.25, -0.2) is 9.50 Å². The second kappa shape index (κ2) is 4.07. The van der Waals surface area contributed by atoms with Crippen molar-refractivity contribution in [3.05, 3.63) is 53.7 Å². The third-order valence-corrected chi connectivity index (χ3v) is 2.80. The summed E-state index contributed by atoms with van der Waals surface area (Å²) in [5.74, 6) is 0.665. The number of aldehydes is 1. The van der Waals surface area contributed by atoms with Crippen molar-refractivity contribution in [2.45, 2.75) is 6.92 Å². The Bertz CT molecular complexity index is 713. The van der Waals surface area contributed by atoms with Crippen LogP contribution in [0.3, 0.4) is 0 Å². The Hall–Kier alpha value is -2.49. The highest BCUT2D eigenvalue weighted by Crippen LogP contribution is 2.16. The fourth-order valence-electron chi connectivity index (χ4n) is 1.79. The third kappa shape index (κ3) is 1.78. The fourth-order valence-corrected chi connectivity index (χ4v) is 1.79. The Morgan fingerprint density at radius 2 is 1.89 bits per heavy atom. The van der Waals surface area contributed by atoms with Crippen molar-refractivity contribution in [3.8, 4) is 11.4 Å². The lowest BCUT2D eigenvalue weighted by Gasteiger charge is -1.95. The van der Waals surface area contributed by atoms with E-state index in [9.17, 15) is 4.79 Å². The zero-order chi connectivity index (χ0) is 12.5. The number of nitrogens with zero attached hydrogens (tertiary/aromatic N) is 3. The first-order valence-electron chi connectivity index (χ1n) is 5.65. The quantitative estimate of drug-likeness (QED) is 0.643. The van der Waals surface area contributed by atoms with Gasteiger partial charge in [0.05, 0.1) is 0 Å². The van der Waals surface area contributed by atoms with Gasteiger partial charge in [0.15, 0.2) is 17.8 Å². The zero-order valence-electron chi connectivity index (χ0n) is 9.87. The van der Waals surface area contributed by atoms with Crippen LogP contribution in [0.25, 0.3) is 17.0 Å². The molecule has 3 rings (SSSR count). The van der Waals surface area contributed by atoms with Crippen LogP contribution in [-0.2, 0) is 0 Å². The monoisotopic (exact) mass is 237 g/mol. The number of benzene rings is 1. The van der Waals surface area contributed by atoms with E-state index >= 15 is 0 Å². The number of carbonyl (C=O) groups excluding carboxylic acids is 1. The van der Waals surface area contributed by atoms with Gasteiger partial charge in [0, 0.05) is 17.3 Å². The minimum Gasteiger partial charge on any atom is -0.298 e. The maximum Gasteiger partial charge on any atom is 0.182 e. The molecule has 0 aliphatic carbocycles. The van der Waals surface area contributed by atoms with Crippen LogP contribution in [0.4, 0.5) is 0 Å². The Morgan fingerprint density at radius 1 is 1.11 bits per heavy atom. The molecular weight excluding hydrogens is 226 g/mol. The van der Waals surface area contributed by atoms with E-state index in [1.54, 1.807) is 22.8 Å². The number of aryl methyl sites for hydroxylation is 1. The third-order valence-electron chi connectivity index (χ3n) is 2.80. The summed E-state index contributed by atoms with van der Waals surface area (Å²) in [5.41, 5.74) is 3.49. The minimum absolute atomic E-state index is 0.586. The van der Waals surface area contributed by atoms with E-state index in [2.05, 4.69) is 10.1 Å². The van der Waals surface area contributed by atoms with Crippen LogP contribution in [-0.4, -0.2) is 20.9 Å². The Balaban J connectivity index is 2.12. The molecule has 18 heavy (non-hydrogen) atoms. The maximum absolute atomic E-state index is 10.7. The molecule has 0 saturated heterocycles. The van der Waals surface area contributed by atoms with Crippen molar-refractivity contribution < 1.29 is 4.79 Å². The van der Waals surface area contributed by atoms with Gasteiger partial charge in [-0.15, -0.1) is 5.10 Å². The first-order chi connectivity index (χ1) is 8.76. The van der Waals surface area contributed by atoms with Gasteiger partial charge in [-0.05, 0) is 19.1 Å². The van der Waals surface area contributed by atoms with Gasteiger partial charge in [0.1, 0.15) is 0 Å². The second-order valence-corrected chi connectivity index (χ2v) is 4.18. The molecule has 2 aromatic heterocycles. The molecule has 3 aromatic rings. The Labute approximate surface area is 104 Å². The summed E-state index contributed by atoms with van der Waals surface area (Å²) in [6.45, 7) is 2.04. The van der Waals surface area contributed by atoms with Crippen LogP contribution in [0.15, 0.2) is 42.6 Å². The number of carbonyl (C=O) groups is 1. The van der Waals surface area contributed by atoms with Crippen LogP contribution in [0.5, 0.6) is 0 Å². The number of aromatic nitrogens is 3. The molecule has 1 aromatic carbocycles. The summed E-state index contributed by atoms with van der Waals surface area (Å²) >= 11 is 0. The molecule has 0 fully saturated rings. The van der Waals surface area contributed by atoms with Crippen LogP contribution in [0, 0.1) is 6.92 Å². The number of hydrogen-bond donors (Lipinski definition) is 0. The number of pyridine rings is 1. The van der Waals surface area contributed by atoms with Gasteiger partial charge in [0.25, 0.3) is 0 Å².